The van der Waals surface area contributed by atoms with Crippen LogP contribution in [0.25, 0.3) is 10.9 Å². The number of carbonyl (C=O) groups excluding carboxylic acids is 3. The standard InChI is InChI=1S/C20H18N4O4/c1-20(13-6-4-3-5-7-13)18(26)24(19(27)22-20)23-17(25)16-10-12-8-9-14(28-2)11-15(12)21-16/h3-11,21H,1-2H3,(H,22,27)(H,23,25). The number of rotatable bonds is 4. The first-order valence-electron chi connectivity index (χ1n) is 8.62. The van der Waals surface area contributed by atoms with Crippen LogP contribution in [-0.2, 0) is 10.3 Å². The molecule has 8 heteroatoms. The van der Waals surface area contributed by atoms with E-state index in [9.17, 15) is 14.4 Å². The van der Waals surface area contributed by atoms with Crippen molar-refractivity contribution in [3.63, 3.8) is 0 Å². The zero-order valence-electron chi connectivity index (χ0n) is 15.3. The van der Waals surface area contributed by atoms with Crippen molar-refractivity contribution in [1.82, 2.24) is 20.7 Å². The molecule has 4 rings (SSSR count). The molecule has 0 bridgehead atoms. The maximum absolute atomic E-state index is 12.9. The van der Waals surface area contributed by atoms with Gasteiger partial charge in [-0.2, -0.15) is 5.01 Å². The van der Waals surface area contributed by atoms with Gasteiger partial charge in [0.05, 0.1) is 7.11 Å². The SMILES string of the molecule is COc1ccc2cc(C(=O)NN3C(=O)NC(C)(c4ccccc4)C3=O)[nH]c2c1. The summed E-state index contributed by atoms with van der Waals surface area (Å²) in [6, 6.07) is 15.2. The Morgan fingerprint density at radius 3 is 2.57 bits per heavy atom. The zero-order chi connectivity index (χ0) is 19.9. The van der Waals surface area contributed by atoms with Crippen molar-refractivity contribution in [2.45, 2.75) is 12.5 Å². The monoisotopic (exact) mass is 378 g/mol. The van der Waals surface area contributed by atoms with E-state index >= 15 is 0 Å². The minimum atomic E-state index is -1.25. The molecule has 142 valence electrons. The Labute approximate surface area is 160 Å². The summed E-state index contributed by atoms with van der Waals surface area (Å²) >= 11 is 0. The molecule has 1 unspecified atom stereocenters. The Balaban J connectivity index is 1.58. The fourth-order valence-electron chi connectivity index (χ4n) is 3.22. The molecule has 0 aliphatic carbocycles. The first kappa shape index (κ1) is 17.6. The van der Waals surface area contributed by atoms with Crippen molar-refractivity contribution in [2.24, 2.45) is 0 Å². The second kappa shape index (κ2) is 6.41. The van der Waals surface area contributed by atoms with Crippen molar-refractivity contribution in [3.8, 4) is 5.75 Å². The summed E-state index contributed by atoms with van der Waals surface area (Å²) in [6.07, 6.45) is 0. The van der Waals surface area contributed by atoms with Crippen LogP contribution in [0, 0.1) is 0 Å². The van der Waals surface area contributed by atoms with Gasteiger partial charge in [-0.15, -0.1) is 0 Å². The molecule has 1 saturated heterocycles. The summed E-state index contributed by atoms with van der Waals surface area (Å²) < 4.78 is 5.17. The van der Waals surface area contributed by atoms with Crippen LogP contribution < -0.4 is 15.5 Å². The fraction of sp³-hybridized carbons (Fsp3) is 0.150. The lowest BCUT2D eigenvalue weighted by Crippen LogP contribution is -2.48. The number of hydrazine groups is 1. The molecule has 0 radical (unpaired) electrons. The van der Waals surface area contributed by atoms with Crippen LogP contribution in [0.3, 0.4) is 0 Å². The van der Waals surface area contributed by atoms with Crippen molar-refractivity contribution < 1.29 is 19.1 Å². The van der Waals surface area contributed by atoms with Gasteiger partial charge in [-0.3, -0.25) is 15.0 Å². The molecule has 3 aromatic rings. The Hall–Kier alpha value is -3.81. The molecule has 2 heterocycles. The molecule has 3 N–H and O–H groups in total. The van der Waals surface area contributed by atoms with E-state index < -0.39 is 23.4 Å². The molecule has 0 spiro atoms. The summed E-state index contributed by atoms with van der Waals surface area (Å²) in [5, 5.41) is 4.15. The lowest BCUT2D eigenvalue weighted by Gasteiger charge is -2.21. The highest BCUT2D eigenvalue weighted by molar-refractivity contribution is 6.09. The van der Waals surface area contributed by atoms with Crippen molar-refractivity contribution in [2.75, 3.05) is 7.11 Å². The number of carbonyl (C=O) groups is 3. The molecule has 1 aliphatic heterocycles. The second-order valence-corrected chi connectivity index (χ2v) is 6.64. The number of aromatic nitrogens is 1. The molecule has 1 aromatic heterocycles. The fourth-order valence-corrected chi connectivity index (χ4v) is 3.22. The third-order valence-corrected chi connectivity index (χ3v) is 4.83. The number of fused-ring (bicyclic) bond motifs is 1. The van der Waals surface area contributed by atoms with Gasteiger partial charge in [-0.05, 0) is 30.7 Å². The van der Waals surface area contributed by atoms with Crippen LogP contribution in [0.1, 0.15) is 23.0 Å². The largest absolute Gasteiger partial charge is 0.497 e. The van der Waals surface area contributed by atoms with E-state index in [0.29, 0.717) is 21.8 Å². The Morgan fingerprint density at radius 1 is 1.11 bits per heavy atom. The maximum Gasteiger partial charge on any atom is 0.344 e. The van der Waals surface area contributed by atoms with Crippen LogP contribution in [0.5, 0.6) is 5.75 Å². The third kappa shape index (κ3) is 2.75. The minimum Gasteiger partial charge on any atom is -0.497 e. The van der Waals surface area contributed by atoms with Gasteiger partial charge < -0.3 is 15.0 Å². The quantitative estimate of drug-likeness (QED) is 0.606. The zero-order valence-corrected chi connectivity index (χ0v) is 15.3. The Morgan fingerprint density at radius 2 is 1.86 bits per heavy atom. The summed E-state index contributed by atoms with van der Waals surface area (Å²) in [7, 11) is 1.55. The molecule has 2 aromatic carbocycles. The summed E-state index contributed by atoms with van der Waals surface area (Å²) in [4.78, 5) is 40.8. The van der Waals surface area contributed by atoms with Gasteiger partial charge in [-0.1, -0.05) is 30.3 Å². The van der Waals surface area contributed by atoms with Crippen molar-refractivity contribution in [3.05, 3.63) is 65.9 Å². The van der Waals surface area contributed by atoms with Gasteiger partial charge >= 0.3 is 6.03 Å². The maximum atomic E-state index is 12.9. The van der Waals surface area contributed by atoms with Crippen molar-refractivity contribution in [1.29, 1.82) is 0 Å². The second-order valence-electron chi connectivity index (χ2n) is 6.64. The lowest BCUT2D eigenvalue weighted by molar-refractivity contribution is -0.132. The average molecular weight is 378 g/mol. The first-order chi connectivity index (χ1) is 13.4. The molecule has 28 heavy (non-hydrogen) atoms. The Bertz CT molecular complexity index is 1090. The number of aromatic amines is 1. The molecule has 4 amide bonds. The number of imide groups is 1. The highest BCUT2D eigenvalue weighted by Gasteiger charge is 2.50. The third-order valence-electron chi connectivity index (χ3n) is 4.83. The number of amides is 4. The topological polar surface area (TPSA) is 104 Å². The minimum absolute atomic E-state index is 0.220. The van der Waals surface area contributed by atoms with Gasteiger partial charge in [0.1, 0.15) is 17.0 Å². The highest BCUT2D eigenvalue weighted by atomic mass is 16.5. The van der Waals surface area contributed by atoms with E-state index in [4.69, 9.17) is 4.74 Å². The van der Waals surface area contributed by atoms with Gasteiger partial charge in [0.2, 0.25) is 0 Å². The normalized spacial score (nSPS) is 19.0. The van der Waals surface area contributed by atoms with Crippen LogP contribution in [0.2, 0.25) is 0 Å². The van der Waals surface area contributed by atoms with E-state index in [1.807, 2.05) is 12.1 Å². The smallest absolute Gasteiger partial charge is 0.344 e. The molecule has 1 fully saturated rings. The van der Waals surface area contributed by atoms with E-state index in [1.54, 1.807) is 56.5 Å². The average Bonchev–Trinajstić information content (AvgIpc) is 3.23. The number of ether oxygens (including phenoxy) is 1. The van der Waals surface area contributed by atoms with Crippen molar-refractivity contribution >= 4 is 28.7 Å². The van der Waals surface area contributed by atoms with Crippen LogP contribution in [0.4, 0.5) is 4.79 Å². The predicted molar refractivity (Wildman–Crippen MR) is 101 cm³/mol. The first-order valence-corrected chi connectivity index (χ1v) is 8.62. The number of hydrogen-bond donors (Lipinski definition) is 3. The predicted octanol–water partition coefficient (Wildman–Crippen LogP) is 2.29. The van der Waals surface area contributed by atoms with Crippen LogP contribution in [-0.4, -0.2) is 34.9 Å². The lowest BCUT2D eigenvalue weighted by atomic mass is 9.92. The van der Waals surface area contributed by atoms with E-state index in [-0.39, 0.29) is 5.69 Å². The summed E-state index contributed by atoms with van der Waals surface area (Å²) in [5.41, 5.74) is 2.68. The molecule has 8 nitrogen and oxygen atoms in total. The summed E-state index contributed by atoms with van der Waals surface area (Å²) in [6.45, 7) is 1.60. The number of benzene rings is 2. The molecule has 0 saturated carbocycles. The van der Waals surface area contributed by atoms with Gasteiger partial charge in [-0.25, -0.2) is 4.79 Å². The molecule has 1 aliphatic rings. The molecule has 1 atom stereocenters. The van der Waals surface area contributed by atoms with E-state index in [1.165, 1.54) is 0 Å². The number of nitrogens with one attached hydrogen (secondary N) is 3. The van der Waals surface area contributed by atoms with Gasteiger partial charge in [0.15, 0.2) is 0 Å². The van der Waals surface area contributed by atoms with Crippen LogP contribution in [0.15, 0.2) is 54.6 Å². The number of urea groups is 1. The highest BCUT2D eigenvalue weighted by Crippen LogP contribution is 2.28. The molecular weight excluding hydrogens is 360 g/mol. The number of nitrogens with zero attached hydrogens (tertiary/aromatic N) is 1. The number of H-pyrrole nitrogens is 1. The van der Waals surface area contributed by atoms with E-state index in [2.05, 4.69) is 15.7 Å². The number of hydrogen-bond acceptors (Lipinski definition) is 4. The van der Waals surface area contributed by atoms with Gasteiger partial charge in [0, 0.05) is 17.0 Å². The van der Waals surface area contributed by atoms with Gasteiger partial charge in [0.25, 0.3) is 11.8 Å². The Kier molecular flexibility index (Phi) is 4.03. The summed E-state index contributed by atoms with van der Waals surface area (Å²) in [5.74, 6) is -0.514. The number of methoxy groups -OCH3 is 1. The van der Waals surface area contributed by atoms with E-state index in [0.717, 1.165) is 5.39 Å². The van der Waals surface area contributed by atoms with Crippen LogP contribution >= 0.6 is 0 Å². The molecular formula is C20H18N4O4.